The second-order valence-corrected chi connectivity index (χ2v) is 7.26. The molecule has 1 aliphatic heterocycles. The predicted molar refractivity (Wildman–Crippen MR) is 102 cm³/mol. The van der Waals surface area contributed by atoms with Crippen LogP contribution >= 0.6 is 0 Å². The van der Waals surface area contributed by atoms with Crippen molar-refractivity contribution in [3.63, 3.8) is 0 Å². The van der Waals surface area contributed by atoms with E-state index in [-0.39, 0.29) is 11.3 Å². The largest absolute Gasteiger partial charge is 0.496 e. The summed E-state index contributed by atoms with van der Waals surface area (Å²) in [4.78, 5) is 19.3. The van der Waals surface area contributed by atoms with Gasteiger partial charge in [0.25, 0.3) is 5.91 Å². The predicted octanol–water partition coefficient (Wildman–Crippen LogP) is 3.15. The number of carbonyl (C=O) groups is 1. The highest BCUT2D eigenvalue weighted by molar-refractivity contribution is 5.94. The second-order valence-electron chi connectivity index (χ2n) is 7.26. The molecule has 0 radical (unpaired) electrons. The fraction of sp³-hybridized carbons (Fsp3) is 0.429. The van der Waals surface area contributed by atoms with Crippen LogP contribution in [-0.2, 0) is 5.41 Å². The van der Waals surface area contributed by atoms with Gasteiger partial charge in [-0.15, -0.1) is 0 Å². The number of rotatable bonds is 6. The van der Waals surface area contributed by atoms with Gasteiger partial charge in [-0.05, 0) is 43.9 Å². The van der Waals surface area contributed by atoms with Crippen LogP contribution in [0.2, 0.25) is 0 Å². The number of amides is 1. The molecule has 2 fully saturated rings. The van der Waals surface area contributed by atoms with E-state index in [0.29, 0.717) is 12.1 Å². The van der Waals surface area contributed by atoms with Gasteiger partial charge in [-0.2, -0.15) is 0 Å². The Morgan fingerprint density at radius 2 is 1.96 bits per heavy atom. The Hall–Kier alpha value is -2.56. The third kappa shape index (κ3) is 3.26. The molecule has 1 N–H and O–H groups in total. The first kappa shape index (κ1) is 16.9. The van der Waals surface area contributed by atoms with E-state index in [2.05, 4.69) is 21.3 Å². The van der Waals surface area contributed by atoms with Gasteiger partial charge in [-0.1, -0.05) is 18.2 Å². The van der Waals surface area contributed by atoms with Crippen molar-refractivity contribution in [1.82, 2.24) is 10.3 Å². The molecule has 4 rings (SSSR count). The van der Waals surface area contributed by atoms with Crippen molar-refractivity contribution in [2.24, 2.45) is 0 Å². The van der Waals surface area contributed by atoms with Crippen LogP contribution in [-0.4, -0.2) is 37.6 Å². The van der Waals surface area contributed by atoms with E-state index in [1.54, 1.807) is 13.3 Å². The molecule has 136 valence electrons. The first-order valence-corrected chi connectivity index (χ1v) is 9.35. The average Bonchev–Trinajstić information content (AvgIpc) is 3.28. The minimum Gasteiger partial charge on any atom is -0.496 e. The molecule has 1 amide bonds. The molecule has 2 aliphatic rings. The molecule has 1 saturated carbocycles. The quantitative estimate of drug-likeness (QED) is 0.869. The molecular formula is C21H25N3O2. The third-order valence-electron chi connectivity index (χ3n) is 5.56. The molecular weight excluding hydrogens is 326 g/mol. The lowest BCUT2D eigenvalue weighted by Crippen LogP contribution is -2.32. The van der Waals surface area contributed by atoms with Crippen LogP contribution in [0.5, 0.6) is 5.75 Å². The number of ether oxygens (including phenoxy) is 1. The van der Waals surface area contributed by atoms with Crippen LogP contribution in [0.1, 0.15) is 41.6 Å². The van der Waals surface area contributed by atoms with Gasteiger partial charge >= 0.3 is 0 Å². The number of benzene rings is 1. The molecule has 1 saturated heterocycles. The normalized spacial score (nSPS) is 17.8. The number of nitrogens with one attached hydrogen (secondary N) is 1. The maximum Gasteiger partial charge on any atom is 0.252 e. The van der Waals surface area contributed by atoms with Gasteiger partial charge in [0.1, 0.15) is 11.6 Å². The molecule has 2 heterocycles. The Morgan fingerprint density at radius 1 is 1.19 bits per heavy atom. The zero-order valence-corrected chi connectivity index (χ0v) is 15.2. The molecule has 0 unspecified atom stereocenters. The van der Waals surface area contributed by atoms with Crippen LogP contribution in [0, 0.1) is 0 Å². The summed E-state index contributed by atoms with van der Waals surface area (Å²) in [7, 11) is 1.70. The molecule has 5 nitrogen and oxygen atoms in total. The van der Waals surface area contributed by atoms with E-state index in [4.69, 9.17) is 4.74 Å². The van der Waals surface area contributed by atoms with Gasteiger partial charge in [0.2, 0.25) is 0 Å². The monoisotopic (exact) mass is 351 g/mol. The third-order valence-corrected chi connectivity index (χ3v) is 5.56. The van der Waals surface area contributed by atoms with Crippen molar-refractivity contribution in [3.05, 3.63) is 53.7 Å². The van der Waals surface area contributed by atoms with E-state index >= 15 is 0 Å². The maximum atomic E-state index is 12.5. The van der Waals surface area contributed by atoms with Gasteiger partial charge < -0.3 is 15.0 Å². The Morgan fingerprint density at radius 3 is 2.62 bits per heavy atom. The fourth-order valence-electron chi connectivity index (χ4n) is 3.78. The molecule has 1 aromatic heterocycles. The first-order valence-electron chi connectivity index (χ1n) is 9.35. The van der Waals surface area contributed by atoms with E-state index in [9.17, 15) is 4.79 Å². The van der Waals surface area contributed by atoms with Gasteiger partial charge in [-0.3, -0.25) is 4.79 Å². The van der Waals surface area contributed by atoms with Crippen LogP contribution in [0.25, 0.3) is 0 Å². The lowest BCUT2D eigenvalue weighted by Gasteiger charge is -2.19. The summed E-state index contributed by atoms with van der Waals surface area (Å²) in [6, 6.07) is 11.9. The molecule has 5 heteroatoms. The number of carbonyl (C=O) groups excluding carboxylic acids is 1. The smallest absolute Gasteiger partial charge is 0.252 e. The van der Waals surface area contributed by atoms with Gasteiger partial charge in [-0.25, -0.2) is 4.98 Å². The number of para-hydroxylation sites is 1. The van der Waals surface area contributed by atoms with Gasteiger partial charge in [0.05, 0.1) is 12.7 Å². The number of aromatic nitrogens is 1. The van der Waals surface area contributed by atoms with Crippen LogP contribution in [0.4, 0.5) is 5.82 Å². The highest BCUT2D eigenvalue weighted by Gasteiger charge is 2.46. The summed E-state index contributed by atoms with van der Waals surface area (Å²) in [5, 5.41) is 3.09. The van der Waals surface area contributed by atoms with Gasteiger partial charge in [0.15, 0.2) is 0 Å². The SMILES string of the molecule is COc1ccccc1C1(CNC(=O)c2ccc(N3CCCC3)nc2)CC1. The zero-order valence-electron chi connectivity index (χ0n) is 15.2. The van der Waals surface area contributed by atoms with Crippen molar-refractivity contribution >= 4 is 11.7 Å². The standard InChI is InChI=1S/C21H25N3O2/c1-26-18-7-3-2-6-17(18)21(10-11-21)15-23-20(25)16-8-9-19(22-14-16)24-12-4-5-13-24/h2-3,6-9,14H,4-5,10-13,15H2,1H3,(H,23,25). The zero-order chi connectivity index (χ0) is 18.0. The number of pyridine rings is 1. The van der Waals surface area contributed by atoms with Gasteiger partial charge in [0, 0.05) is 36.8 Å². The average molecular weight is 351 g/mol. The Balaban J connectivity index is 1.40. The topological polar surface area (TPSA) is 54.5 Å². The number of hydrogen-bond donors (Lipinski definition) is 1. The Kier molecular flexibility index (Phi) is 4.53. The second kappa shape index (κ2) is 6.98. The molecule has 2 aromatic rings. The maximum absolute atomic E-state index is 12.5. The van der Waals surface area contributed by atoms with Crippen molar-refractivity contribution in [2.75, 3.05) is 31.6 Å². The number of nitrogens with zero attached hydrogens (tertiary/aromatic N) is 2. The van der Waals surface area contributed by atoms with E-state index in [1.165, 1.54) is 18.4 Å². The number of methoxy groups -OCH3 is 1. The van der Waals surface area contributed by atoms with Crippen LogP contribution in [0.3, 0.4) is 0 Å². The summed E-state index contributed by atoms with van der Waals surface area (Å²) >= 11 is 0. The summed E-state index contributed by atoms with van der Waals surface area (Å²) in [5.41, 5.74) is 1.81. The van der Waals surface area contributed by atoms with Crippen LogP contribution in [0.15, 0.2) is 42.6 Å². The minimum atomic E-state index is -0.0633. The molecule has 0 atom stereocenters. The summed E-state index contributed by atoms with van der Waals surface area (Å²) in [6.07, 6.45) is 6.26. The van der Waals surface area contributed by atoms with E-state index < -0.39 is 0 Å². The Labute approximate surface area is 154 Å². The molecule has 26 heavy (non-hydrogen) atoms. The lowest BCUT2D eigenvalue weighted by molar-refractivity contribution is 0.0949. The summed E-state index contributed by atoms with van der Waals surface area (Å²) in [5.74, 6) is 1.80. The van der Waals surface area contributed by atoms with E-state index in [0.717, 1.165) is 37.5 Å². The first-order chi connectivity index (χ1) is 12.7. The van der Waals surface area contributed by atoms with E-state index in [1.807, 2.05) is 30.3 Å². The molecule has 0 bridgehead atoms. The van der Waals surface area contributed by atoms with Crippen molar-refractivity contribution in [1.29, 1.82) is 0 Å². The van der Waals surface area contributed by atoms with Crippen molar-refractivity contribution < 1.29 is 9.53 Å². The summed E-state index contributed by atoms with van der Waals surface area (Å²) < 4.78 is 5.50. The number of hydrogen-bond acceptors (Lipinski definition) is 4. The number of anilines is 1. The fourth-order valence-corrected chi connectivity index (χ4v) is 3.78. The minimum absolute atomic E-state index is 0.00514. The molecule has 0 spiro atoms. The molecule has 1 aliphatic carbocycles. The highest BCUT2D eigenvalue weighted by Crippen LogP contribution is 2.50. The molecule has 1 aromatic carbocycles. The van der Waals surface area contributed by atoms with Crippen molar-refractivity contribution in [3.8, 4) is 5.75 Å². The van der Waals surface area contributed by atoms with Crippen molar-refractivity contribution in [2.45, 2.75) is 31.1 Å². The highest BCUT2D eigenvalue weighted by atomic mass is 16.5. The van der Waals surface area contributed by atoms with Crippen LogP contribution < -0.4 is 15.0 Å². The lowest BCUT2D eigenvalue weighted by atomic mass is 9.94. The summed E-state index contributed by atoms with van der Waals surface area (Å²) in [6.45, 7) is 2.74. The Bertz CT molecular complexity index is 778.